The number of benzene rings is 6. The van der Waals surface area contributed by atoms with Crippen LogP contribution in [-0.4, -0.2) is 29.1 Å². The van der Waals surface area contributed by atoms with Crippen LogP contribution in [0.1, 0.15) is 11.1 Å². The summed E-state index contributed by atoms with van der Waals surface area (Å²) in [6, 6.07) is 64.9. The van der Waals surface area contributed by atoms with Crippen LogP contribution in [0.5, 0.6) is 0 Å². The predicted molar refractivity (Wildman–Crippen MR) is 256 cm³/mol. The number of rotatable bonds is 6. The van der Waals surface area contributed by atoms with Crippen LogP contribution in [0.15, 0.2) is 207 Å². The van der Waals surface area contributed by atoms with E-state index in [1.165, 1.54) is 27.9 Å². The maximum atomic E-state index is 4.99. The summed E-state index contributed by atoms with van der Waals surface area (Å²) in [6.45, 7) is 0. The molecule has 1 aliphatic rings. The second-order valence-corrected chi connectivity index (χ2v) is 16.2. The number of fused-ring (bicyclic) bond motifs is 9. The van der Waals surface area contributed by atoms with Crippen LogP contribution >= 0.6 is 0 Å². The number of hydrogen-bond donors (Lipinski definition) is 0. The van der Waals surface area contributed by atoms with Gasteiger partial charge in [0.25, 0.3) is 0 Å². The van der Waals surface area contributed by atoms with E-state index in [0.29, 0.717) is 0 Å². The molecule has 6 heterocycles. The number of aromatic nitrogens is 6. The minimum atomic E-state index is 0.839. The van der Waals surface area contributed by atoms with Crippen LogP contribution in [-0.2, 0) is 6.42 Å². The second-order valence-electron chi connectivity index (χ2n) is 16.2. The Balaban J connectivity index is 0.932. The fourth-order valence-electron chi connectivity index (χ4n) is 10.0. The van der Waals surface area contributed by atoms with Crippen LogP contribution < -0.4 is 0 Å². The van der Waals surface area contributed by atoms with Gasteiger partial charge in [0.05, 0.1) is 50.2 Å². The Hall–Kier alpha value is -8.48. The van der Waals surface area contributed by atoms with E-state index in [1.807, 2.05) is 61.2 Å². The van der Waals surface area contributed by atoms with E-state index in [2.05, 4.69) is 160 Å². The lowest BCUT2D eigenvalue weighted by atomic mass is 9.96. The lowest BCUT2D eigenvalue weighted by Crippen LogP contribution is -1.99. The Morgan fingerprint density at radius 1 is 0.349 bits per heavy atom. The lowest BCUT2D eigenvalue weighted by Gasteiger charge is -2.14. The maximum Gasteiger partial charge on any atom is 0.0963 e. The molecule has 0 bridgehead atoms. The molecule has 0 N–H and O–H groups in total. The molecule has 6 aromatic carbocycles. The second kappa shape index (κ2) is 14.0. The fraction of sp³-hybridized carbons (Fsp3) is 0.0175. The fourth-order valence-corrected chi connectivity index (χ4v) is 10.0. The van der Waals surface area contributed by atoms with E-state index < -0.39 is 0 Å². The van der Waals surface area contributed by atoms with Gasteiger partial charge in [-0.15, -0.1) is 0 Å². The van der Waals surface area contributed by atoms with Crippen LogP contribution in [0.25, 0.3) is 111 Å². The first-order valence-corrected chi connectivity index (χ1v) is 21.3. The van der Waals surface area contributed by atoms with Crippen molar-refractivity contribution in [2.45, 2.75) is 6.42 Å². The van der Waals surface area contributed by atoms with Gasteiger partial charge in [-0.05, 0) is 136 Å². The molecule has 0 atom stereocenters. The van der Waals surface area contributed by atoms with Gasteiger partial charge >= 0.3 is 0 Å². The summed E-state index contributed by atoms with van der Waals surface area (Å²) in [4.78, 5) is 19.3. The van der Waals surface area contributed by atoms with E-state index in [9.17, 15) is 0 Å². The third-order valence-corrected chi connectivity index (χ3v) is 12.8. The van der Waals surface area contributed by atoms with E-state index in [4.69, 9.17) is 15.0 Å². The van der Waals surface area contributed by atoms with Crippen LogP contribution in [0.4, 0.5) is 0 Å². The minimum Gasteiger partial charge on any atom is -0.308 e. The van der Waals surface area contributed by atoms with Crippen molar-refractivity contribution in [3.63, 3.8) is 0 Å². The molecular weight excluding hydrogens is 769 g/mol. The molecule has 0 saturated heterocycles. The molecule has 1 aliphatic carbocycles. The Bertz CT molecular complexity index is 3770. The molecule has 0 amide bonds. The van der Waals surface area contributed by atoms with Gasteiger partial charge in [0.2, 0.25) is 0 Å². The highest BCUT2D eigenvalue weighted by atomic mass is 15.0. The van der Waals surface area contributed by atoms with Gasteiger partial charge in [-0.25, -0.2) is 0 Å². The zero-order valence-corrected chi connectivity index (χ0v) is 34.0. The first-order chi connectivity index (χ1) is 31.3. The Morgan fingerprint density at radius 2 is 0.889 bits per heavy atom. The highest BCUT2D eigenvalue weighted by molar-refractivity contribution is 6.10. The summed E-state index contributed by atoms with van der Waals surface area (Å²) in [6.07, 6.45) is 8.34. The Labute approximate surface area is 363 Å². The molecule has 12 aromatic rings. The average Bonchev–Trinajstić information content (AvgIpc) is 4.01. The summed E-state index contributed by atoms with van der Waals surface area (Å²) < 4.78 is 4.79. The summed E-state index contributed by atoms with van der Waals surface area (Å²) in [5.41, 5.74) is 22.5. The van der Waals surface area contributed by atoms with Gasteiger partial charge in [0.1, 0.15) is 0 Å². The molecule has 0 fully saturated rings. The van der Waals surface area contributed by atoms with Crippen molar-refractivity contribution >= 4 is 43.9 Å². The van der Waals surface area contributed by atoms with Crippen molar-refractivity contribution in [1.82, 2.24) is 29.1 Å². The molecule has 6 aromatic heterocycles. The Morgan fingerprint density at radius 3 is 1.49 bits per heavy atom. The maximum absolute atomic E-state index is 4.99. The Kier molecular flexibility index (Phi) is 7.87. The quantitative estimate of drug-likeness (QED) is 0.168. The highest BCUT2D eigenvalue weighted by Crippen LogP contribution is 2.45. The normalized spacial score (nSPS) is 12.1. The molecule has 13 rings (SSSR count). The first-order valence-electron chi connectivity index (χ1n) is 21.3. The van der Waals surface area contributed by atoms with Crippen molar-refractivity contribution in [3.8, 4) is 67.3 Å². The number of pyridine rings is 4. The smallest absolute Gasteiger partial charge is 0.0963 e. The minimum absolute atomic E-state index is 0.839. The highest BCUT2D eigenvalue weighted by Gasteiger charge is 2.26. The largest absolute Gasteiger partial charge is 0.308 e. The van der Waals surface area contributed by atoms with Crippen LogP contribution in [0.3, 0.4) is 0 Å². The van der Waals surface area contributed by atoms with Gasteiger partial charge in [-0.1, -0.05) is 91.0 Å². The number of nitrogens with zero attached hydrogens (tertiary/aromatic N) is 6. The van der Waals surface area contributed by atoms with E-state index >= 15 is 0 Å². The van der Waals surface area contributed by atoms with E-state index in [1.54, 1.807) is 0 Å². The monoisotopic (exact) mass is 804 g/mol. The van der Waals surface area contributed by atoms with E-state index in [0.717, 1.165) is 101 Å². The van der Waals surface area contributed by atoms with Crippen LogP contribution in [0.2, 0.25) is 0 Å². The third kappa shape index (κ3) is 5.51. The molecule has 294 valence electrons. The molecule has 0 spiro atoms. The van der Waals surface area contributed by atoms with Gasteiger partial charge in [0.15, 0.2) is 0 Å². The topological polar surface area (TPSA) is 61.4 Å². The summed E-state index contributed by atoms with van der Waals surface area (Å²) in [5.74, 6) is 0. The summed E-state index contributed by atoms with van der Waals surface area (Å²) in [7, 11) is 0. The van der Waals surface area contributed by atoms with Crippen molar-refractivity contribution in [2.75, 3.05) is 0 Å². The molecule has 0 radical (unpaired) electrons. The standard InChI is InChI=1S/C57H36N6/c1-3-14-43(49-17-5-7-28-58-49)40(12-1)36-23-26-52-47(33-36)56-54(20-10-30-60-56)62(52)39-25-22-38-32-46-42(45(38)35-39)16-9-19-51(46)63-53-27-24-37(34-48(53)57-55(63)21-11-31-61-57)41-13-2-4-15-44(41)50-18-6-8-29-59-50/h1-31,33-35H,32H2. The van der Waals surface area contributed by atoms with Crippen molar-refractivity contribution in [3.05, 3.63) is 218 Å². The zero-order chi connectivity index (χ0) is 41.4. The average molecular weight is 805 g/mol. The SMILES string of the molecule is c1ccc(-c2ccccc2-c2ccc3c(c2)c2ncccc2n3-c2ccc3c(c2)-c2cccc(-n4c5ccc(-c6ccccc6-c6ccccn6)cc5c5ncccc54)c2C3)nc1. The van der Waals surface area contributed by atoms with E-state index in [-0.39, 0.29) is 0 Å². The number of hydrogen-bond acceptors (Lipinski definition) is 4. The van der Waals surface area contributed by atoms with Crippen molar-refractivity contribution < 1.29 is 0 Å². The third-order valence-electron chi connectivity index (χ3n) is 12.8. The van der Waals surface area contributed by atoms with Crippen molar-refractivity contribution in [1.29, 1.82) is 0 Å². The van der Waals surface area contributed by atoms with Gasteiger partial charge < -0.3 is 9.13 Å². The van der Waals surface area contributed by atoms with Crippen molar-refractivity contribution in [2.24, 2.45) is 0 Å². The van der Waals surface area contributed by atoms with Gasteiger partial charge in [-0.3, -0.25) is 19.9 Å². The molecule has 6 heteroatoms. The van der Waals surface area contributed by atoms with Crippen LogP contribution in [0, 0.1) is 0 Å². The van der Waals surface area contributed by atoms with Gasteiger partial charge in [0, 0.05) is 58.8 Å². The molecule has 0 unspecified atom stereocenters. The zero-order valence-electron chi connectivity index (χ0n) is 34.0. The lowest BCUT2D eigenvalue weighted by molar-refractivity contribution is 1.12. The summed E-state index contributed by atoms with van der Waals surface area (Å²) in [5, 5.41) is 2.24. The molecule has 0 saturated carbocycles. The van der Waals surface area contributed by atoms with Gasteiger partial charge in [-0.2, -0.15) is 0 Å². The molecule has 0 aliphatic heterocycles. The first kappa shape index (κ1) is 35.3. The molecule has 63 heavy (non-hydrogen) atoms. The molecular formula is C57H36N6. The summed E-state index contributed by atoms with van der Waals surface area (Å²) >= 11 is 0. The molecule has 6 nitrogen and oxygen atoms in total. The predicted octanol–water partition coefficient (Wildman–Crippen LogP) is 13.7.